The van der Waals surface area contributed by atoms with Crippen LogP contribution in [0.2, 0.25) is 0 Å². The summed E-state index contributed by atoms with van der Waals surface area (Å²) in [5.41, 5.74) is 1.78. The summed E-state index contributed by atoms with van der Waals surface area (Å²) in [5.74, 6) is 0.973. The van der Waals surface area contributed by atoms with Crippen LogP contribution in [0.4, 0.5) is 5.82 Å². The number of likely N-dealkylation sites (tertiary alicyclic amines) is 1. The molecular weight excluding hydrogens is 292 g/mol. The highest BCUT2D eigenvalue weighted by Crippen LogP contribution is 2.22. The molecule has 1 atom stereocenters. The molecule has 6 nitrogen and oxygen atoms in total. The van der Waals surface area contributed by atoms with Crippen molar-refractivity contribution in [3.63, 3.8) is 0 Å². The number of carbonyl (C=O) groups excluding carboxylic acids is 2. The smallest absolute Gasteiger partial charge is 0.255 e. The van der Waals surface area contributed by atoms with Crippen LogP contribution in [0.5, 0.6) is 0 Å². The van der Waals surface area contributed by atoms with Gasteiger partial charge in [0.25, 0.3) is 5.91 Å². The predicted octanol–water partition coefficient (Wildman–Crippen LogP) is 1.52. The molecule has 0 radical (unpaired) electrons. The number of pyridine rings is 1. The van der Waals surface area contributed by atoms with Crippen molar-refractivity contribution in [2.24, 2.45) is 0 Å². The van der Waals surface area contributed by atoms with Gasteiger partial charge in [-0.1, -0.05) is 0 Å². The first-order chi connectivity index (χ1) is 11.1. The Morgan fingerprint density at radius 3 is 3.00 bits per heavy atom. The van der Waals surface area contributed by atoms with Crippen LogP contribution in [0.1, 0.15) is 42.1 Å². The third-order valence-electron chi connectivity index (χ3n) is 4.87. The summed E-state index contributed by atoms with van der Waals surface area (Å²) >= 11 is 0. The van der Waals surface area contributed by atoms with Crippen LogP contribution in [0, 0.1) is 0 Å². The molecule has 1 fully saturated rings. The molecule has 0 spiro atoms. The Kier molecular flexibility index (Phi) is 4.50. The van der Waals surface area contributed by atoms with Crippen molar-refractivity contribution in [1.82, 2.24) is 14.8 Å². The van der Waals surface area contributed by atoms with E-state index in [4.69, 9.17) is 0 Å². The molecule has 2 aliphatic rings. The maximum absolute atomic E-state index is 12.7. The average molecular weight is 316 g/mol. The van der Waals surface area contributed by atoms with Gasteiger partial charge in [-0.25, -0.2) is 4.98 Å². The van der Waals surface area contributed by atoms with Crippen molar-refractivity contribution in [2.75, 3.05) is 32.0 Å². The summed E-state index contributed by atoms with van der Waals surface area (Å²) in [7, 11) is 1.80. The Balaban J connectivity index is 1.71. The maximum Gasteiger partial charge on any atom is 0.255 e. The van der Waals surface area contributed by atoms with Gasteiger partial charge >= 0.3 is 0 Å². The largest absolute Gasteiger partial charge is 0.370 e. The Hall–Kier alpha value is -2.11. The van der Waals surface area contributed by atoms with Crippen LogP contribution in [0.15, 0.2) is 12.3 Å². The number of nitrogens with one attached hydrogen (secondary N) is 1. The van der Waals surface area contributed by atoms with E-state index >= 15 is 0 Å². The minimum Gasteiger partial charge on any atom is -0.370 e. The van der Waals surface area contributed by atoms with Gasteiger partial charge in [0, 0.05) is 39.8 Å². The zero-order valence-electron chi connectivity index (χ0n) is 13.8. The highest BCUT2D eigenvalue weighted by molar-refractivity contribution is 5.94. The number of nitrogens with zero attached hydrogens (tertiary/aromatic N) is 3. The number of likely N-dealkylation sites (N-methyl/N-ethyl adjacent to an activating group) is 1. The number of fused-ring (bicyclic) bond motifs is 1. The number of hydrogen-bond acceptors (Lipinski definition) is 4. The Morgan fingerprint density at radius 1 is 1.39 bits per heavy atom. The molecule has 3 rings (SSSR count). The summed E-state index contributed by atoms with van der Waals surface area (Å²) in [6.07, 6.45) is 5.72. The van der Waals surface area contributed by atoms with Gasteiger partial charge in [0.1, 0.15) is 5.82 Å². The van der Waals surface area contributed by atoms with Crippen LogP contribution in [0.25, 0.3) is 0 Å². The molecule has 1 N–H and O–H groups in total. The second-order valence-corrected chi connectivity index (χ2v) is 6.44. The predicted molar refractivity (Wildman–Crippen MR) is 88.4 cm³/mol. The van der Waals surface area contributed by atoms with Gasteiger partial charge in [0.2, 0.25) is 5.91 Å². The minimum atomic E-state index is 0.0176. The first-order valence-electron chi connectivity index (χ1n) is 8.31. The van der Waals surface area contributed by atoms with Crippen LogP contribution in [-0.4, -0.2) is 59.3 Å². The van der Waals surface area contributed by atoms with Gasteiger partial charge in [-0.3, -0.25) is 9.59 Å². The first-order valence-corrected chi connectivity index (χ1v) is 8.31. The molecule has 0 unspecified atom stereocenters. The topological polar surface area (TPSA) is 65.5 Å². The molecule has 23 heavy (non-hydrogen) atoms. The van der Waals surface area contributed by atoms with E-state index in [0.29, 0.717) is 18.7 Å². The molecular formula is C17H24N4O2. The lowest BCUT2D eigenvalue weighted by molar-refractivity contribution is -0.129. The normalized spacial score (nSPS) is 20.4. The summed E-state index contributed by atoms with van der Waals surface area (Å²) in [4.78, 5) is 32.2. The number of rotatable bonds is 2. The number of aromatic nitrogens is 1. The Morgan fingerprint density at radius 2 is 2.22 bits per heavy atom. The molecule has 3 heterocycles. The van der Waals surface area contributed by atoms with Gasteiger partial charge in [0.15, 0.2) is 0 Å². The molecule has 0 aromatic carbocycles. The molecule has 0 bridgehead atoms. The highest BCUT2D eigenvalue weighted by atomic mass is 16.2. The summed E-state index contributed by atoms with van der Waals surface area (Å²) in [6.45, 7) is 3.80. The minimum absolute atomic E-state index is 0.0176. The fourth-order valence-corrected chi connectivity index (χ4v) is 3.31. The molecule has 1 aromatic heterocycles. The van der Waals surface area contributed by atoms with E-state index in [1.54, 1.807) is 25.1 Å². The number of amides is 2. The van der Waals surface area contributed by atoms with Gasteiger partial charge < -0.3 is 15.1 Å². The molecule has 2 amide bonds. The van der Waals surface area contributed by atoms with E-state index < -0.39 is 0 Å². The van der Waals surface area contributed by atoms with E-state index in [1.165, 1.54) is 0 Å². The summed E-state index contributed by atoms with van der Waals surface area (Å²) < 4.78 is 0. The lowest BCUT2D eigenvalue weighted by atomic mass is 10.1. The van der Waals surface area contributed by atoms with Crippen molar-refractivity contribution in [3.05, 3.63) is 23.4 Å². The Bertz CT molecular complexity index is 617. The fraction of sp³-hybridized carbons (Fsp3) is 0.588. The van der Waals surface area contributed by atoms with Gasteiger partial charge in [-0.15, -0.1) is 0 Å². The van der Waals surface area contributed by atoms with E-state index in [0.717, 1.165) is 43.6 Å². The zero-order valence-corrected chi connectivity index (χ0v) is 13.8. The second-order valence-electron chi connectivity index (χ2n) is 6.44. The van der Waals surface area contributed by atoms with E-state index in [9.17, 15) is 9.59 Å². The zero-order chi connectivity index (χ0) is 16.4. The molecule has 1 aromatic rings. The SMILES string of the molecule is CC(=O)N(C)[C@H]1CCN(C(=O)c2cnc3c(c2)CCCCN3)C1. The highest BCUT2D eigenvalue weighted by Gasteiger charge is 2.30. The van der Waals surface area contributed by atoms with Crippen molar-refractivity contribution in [2.45, 2.75) is 38.6 Å². The van der Waals surface area contributed by atoms with Crippen molar-refractivity contribution < 1.29 is 9.59 Å². The van der Waals surface area contributed by atoms with E-state index in [-0.39, 0.29) is 17.9 Å². The van der Waals surface area contributed by atoms with Crippen LogP contribution < -0.4 is 5.32 Å². The average Bonchev–Trinajstić information content (AvgIpc) is 2.92. The lowest BCUT2D eigenvalue weighted by Crippen LogP contribution is -2.39. The number of anilines is 1. The van der Waals surface area contributed by atoms with Crippen molar-refractivity contribution in [3.8, 4) is 0 Å². The monoisotopic (exact) mass is 316 g/mol. The molecule has 6 heteroatoms. The van der Waals surface area contributed by atoms with Gasteiger partial charge in [-0.05, 0) is 37.3 Å². The second kappa shape index (κ2) is 6.56. The first kappa shape index (κ1) is 15.8. The number of aryl methyl sites for hydroxylation is 1. The number of carbonyl (C=O) groups is 2. The van der Waals surface area contributed by atoms with Crippen LogP contribution in [-0.2, 0) is 11.2 Å². The fourth-order valence-electron chi connectivity index (χ4n) is 3.31. The molecule has 2 aliphatic heterocycles. The van der Waals surface area contributed by atoms with E-state index in [1.807, 2.05) is 11.0 Å². The van der Waals surface area contributed by atoms with E-state index in [2.05, 4.69) is 10.3 Å². The molecule has 0 aliphatic carbocycles. The third-order valence-corrected chi connectivity index (χ3v) is 4.87. The molecule has 0 saturated carbocycles. The van der Waals surface area contributed by atoms with Gasteiger partial charge in [-0.2, -0.15) is 0 Å². The molecule has 124 valence electrons. The standard InChI is InChI=1S/C17H24N4O2/c1-12(22)20(2)15-6-8-21(11-15)17(23)14-9-13-5-3-4-7-18-16(13)19-10-14/h9-10,15H,3-8,11H2,1-2H3,(H,18,19)/t15-/m0/s1. The van der Waals surface area contributed by atoms with Crippen molar-refractivity contribution >= 4 is 17.6 Å². The summed E-state index contributed by atoms with van der Waals surface area (Å²) in [5, 5.41) is 3.32. The maximum atomic E-state index is 12.7. The van der Waals surface area contributed by atoms with Gasteiger partial charge in [0.05, 0.1) is 11.6 Å². The summed E-state index contributed by atoms with van der Waals surface area (Å²) in [6, 6.07) is 2.09. The quantitative estimate of drug-likeness (QED) is 0.898. The Labute approximate surface area is 136 Å². The van der Waals surface area contributed by atoms with Crippen molar-refractivity contribution in [1.29, 1.82) is 0 Å². The lowest BCUT2D eigenvalue weighted by Gasteiger charge is -2.23. The number of hydrogen-bond donors (Lipinski definition) is 1. The third kappa shape index (κ3) is 3.30. The van der Waals surface area contributed by atoms with Crippen LogP contribution in [0.3, 0.4) is 0 Å². The van der Waals surface area contributed by atoms with Crippen LogP contribution >= 0.6 is 0 Å². The molecule has 1 saturated heterocycles.